The number of carbonyl (C=O) groups excluding carboxylic acids is 1. The van der Waals surface area contributed by atoms with E-state index >= 15 is 0 Å². The second kappa shape index (κ2) is 5.34. The molecule has 0 aliphatic carbocycles. The van der Waals surface area contributed by atoms with Crippen molar-refractivity contribution in [3.8, 4) is 0 Å². The second-order valence-electron chi connectivity index (χ2n) is 3.90. The molecule has 1 aromatic carbocycles. The maximum Gasteiger partial charge on any atom is 0.417 e. The Labute approximate surface area is 110 Å². The minimum absolute atomic E-state index is 0.245. The Hall–Kier alpha value is -1.73. The number of rotatable bonds is 2. The van der Waals surface area contributed by atoms with Crippen molar-refractivity contribution in [1.82, 2.24) is 0 Å². The lowest BCUT2D eigenvalue weighted by atomic mass is 9.95. The molecule has 112 valence electrons. The minimum Gasteiger partial charge on any atom is -0.462 e. The second-order valence-corrected chi connectivity index (χ2v) is 3.90. The molecule has 0 aliphatic heterocycles. The maximum atomic E-state index is 12.9. The van der Waals surface area contributed by atoms with Crippen molar-refractivity contribution >= 4 is 5.97 Å². The third-order valence-corrected chi connectivity index (χ3v) is 2.48. The number of ether oxygens (including phenoxy) is 1. The number of carbonyl (C=O) groups is 1. The van der Waals surface area contributed by atoms with Crippen LogP contribution in [-0.2, 0) is 17.1 Å². The van der Waals surface area contributed by atoms with E-state index in [1.54, 1.807) is 0 Å². The van der Waals surface area contributed by atoms with E-state index in [-0.39, 0.29) is 6.61 Å². The monoisotopic (exact) mass is 300 g/mol. The molecule has 0 unspecified atom stereocenters. The molecule has 8 heteroatoms. The standard InChI is InChI=1S/C12H10F6O2/c1-3-20-10(19)7-5-4-6(2)8(11(13,14)15)9(7)12(16,17)18/h4-5H,3H2,1-2H3. The highest BCUT2D eigenvalue weighted by Crippen LogP contribution is 2.43. The Bertz CT molecular complexity index is 516. The van der Waals surface area contributed by atoms with Gasteiger partial charge in [-0.05, 0) is 25.5 Å². The summed E-state index contributed by atoms with van der Waals surface area (Å²) < 4.78 is 81.6. The van der Waals surface area contributed by atoms with Crippen LogP contribution in [0.3, 0.4) is 0 Å². The van der Waals surface area contributed by atoms with E-state index in [0.29, 0.717) is 6.07 Å². The van der Waals surface area contributed by atoms with Gasteiger partial charge in [0.15, 0.2) is 0 Å². The molecule has 0 N–H and O–H groups in total. The third-order valence-electron chi connectivity index (χ3n) is 2.48. The largest absolute Gasteiger partial charge is 0.462 e. The first-order valence-corrected chi connectivity index (χ1v) is 5.45. The number of esters is 1. The predicted molar refractivity (Wildman–Crippen MR) is 57.1 cm³/mol. The Kier molecular flexibility index (Phi) is 4.36. The summed E-state index contributed by atoms with van der Waals surface area (Å²) in [7, 11) is 0. The van der Waals surface area contributed by atoms with E-state index in [4.69, 9.17) is 0 Å². The summed E-state index contributed by atoms with van der Waals surface area (Å²) in [5, 5.41) is 0. The van der Waals surface area contributed by atoms with Crippen LogP contribution in [0, 0.1) is 6.92 Å². The molecule has 0 atom stereocenters. The van der Waals surface area contributed by atoms with E-state index in [0.717, 1.165) is 13.0 Å². The topological polar surface area (TPSA) is 26.3 Å². The number of benzene rings is 1. The molecule has 0 fully saturated rings. The Morgan fingerprint density at radius 2 is 1.55 bits per heavy atom. The minimum atomic E-state index is -5.32. The number of alkyl halides is 6. The first-order chi connectivity index (χ1) is 9.00. The highest BCUT2D eigenvalue weighted by atomic mass is 19.4. The molecule has 0 spiro atoms. The first kappa shape index (κ1) is 16.3. The number of hydrogen-bond acceptors (Lipinski definition) is 2. The van der Waals surface area contributed by atoms with Crippen LogP contribution in [-0.4, -0.2) is 12.6 Å². The van der Waals surface area contributed by atoms with Crippen LogP contribution in [0.4, 0.5) is 26.3 Å². The lowest BCUT2D eigenvalue weighted by Gasteiger charge is -2.20. The van der Waals surface area contributed by atoms with Crippen LogP contribution in [0.5, 0.6) is 0 Å². The quantitative estimate of drug-likeness (QED) is 0.604. The van der Waals surface area contributed by atoms with Crippen molar-refractivity contribution in [3.05, 3.63) is 34.4 Å². The molecule has 20 heavy (non-hydrogen) atoms. The average Bonchev–Trinajstić information content (AvgIpc) is 2.25. The molecule has 0 amide bonds. The Morgan fingerprint density at radius 1 is 1.05 bits per heavy atom. The first-order valence-electron chi connectivity index (χ1n) is 5.45. The van der Waals surface area contributed by atoms with Gasteiger partial charge in [-0.2, -0.15) is 26.3 Å². The lowest BCUT2D eigenvalue weighted by molar-refractivity contribution is -0.162. The predicted octanol–water partition coefficient (Wildman–Crippen LogP) is 4.21. The summed E-state index contributed by atoms with van der Waals surface area (Å²) in [6.07, 6.45) is -10.5. The summed E-state index contributed by atoms with van der Waals surface area (Å²) >= 11 is 0. The molecule has 2 nitrogen and oxygen atoms in total. The SMILES string of the molecule is CCOC(=O)c1ccc(C)c(C(F)(F)F)c1C(F)(F)F. The molecule has 0 bridgehead atoms. The Balaban J connectivity index is 3.68. The van der Waals surface area contributed by atoms with E-state index in [9.17, 15) is 31.1 Å². The fourth-order valence-corrected chi connectivity index (χ4v) is 1.75. The molecule has 0 saturated heterocycles. The smallest absolute Gasteiger partial charge is 0.417 e. The highest BCUT2D eigenvalue weighted by Gasteiger charge is 2.47. The van der Waals surface area contributed by atoms with Crippen LogP contribution >= 0.6 is 0 Å². The molecule has 0 aliphatic rings. The average molecular weight is 300 g/mol. The van der Waals surface area contributed by atoms with Gasteiger partial charge in [0.05, 0.1) is 23.3 Å². The molecule has 0 heterocycles. The maximum absolute atomic E-state index is 12.9. The van der Waals surface area contributed by atoms with Crippen LogP contribution < -0.4 is 0 Å². The van der Waals surface area contributed by atoms with Gasteiger partial charge in [0.25, 0.3) is 0 Å². The van der Waals surface area contributed by atoms with Crippen LogP contribution in [0.2, 0.25) is 0 Å². The molecular formula is C12H10F6O2. The molecule has 1 rings (SSSR count). The Morgan fingerprint density at radius 3 is 1.95 bits per heavy atom. The fourth-order valence-electron chi connectivity index (χ4n) is 1.75. The molecule has 0 radical (unpaired) electrons. The van der Waals surface area contributed by atoms with Crippen LogP contribution in [0.1, 0.15) is 34.0 Å². The van der Waals surface area contributed by atoms with Crippen molar-refractivity contribution in [2.24, 2.45) is 0 Å². The zero-order valence-corrected chi connectivity index (χ0v) is 10.4. The zero-order valence-electron chi connectivity index (χ0n) is 10.4. The van der Waals surface area contributed by atoms with Gasteiger partial charge in [0, 0.05) is 0 Å². The number of halogens is 6. The van der Waals surface area contributed by atoms with Crippen molar-refractivity contribution in [3.63, 3.8) is 0 Å². The lowest BCUT2D eigenvalue weighted by Crippen LogP contribution is -2.23. The van der Waals surface area contributed by atoms with E-state index in [1.807, 2.05) is 0 Å². The molecular weight excluding hydrogens is 290 g/mol. The molecule has 0 aromatic heterocycles. The number of aryl methyl sites for hydroxylation is 1. The zero-order chi connectivity index (χ0) is 15.7. The van der Waals surface area contributed by atoms with Crippen molar-refractivity contribution in [1.29, 1.82) is 0 Å². The van der Waals surface area contributed by atoms with Crippen LogP contribution in [0.15, 0.2) is 12.1 Å². The summed E-state index contributed by atoms with van der Waals surface area (Å²) in [6.45, 7) is 1.99. The van der Waals surface area contributed by atoms with Gasteiger partial charge in [-0.25, -0.2) is 4.79 Å². The van der Waals surface area contributed by atoms with E-state index < -0.39 is 40.6 Å². The van der Waals surface area contributed by atoms with E-state index in [2.05, 4.69) is 4.74 Å². The van der Waals surface area contributed by atoms with Gasteiger partial charge in [0.1, 0.15) is 0 Å². The van der Waals surface area contributed by atoms with Gasteiger partial charge in [-0.1, -0.05) is 6.07 Å². The summed E-state index contributed by atoms with van der Waals surface area (Å²) in [5.41, 5.74) is -5.63. The number of hydrogen-bond donors (Lipinski definition) is 0. The molecule has 0 saturated carbocycles. The van der Waals surface area contributed by atoms with Gasteiger partial charge in [-0.3, -0.25) is 0 Å². The summed E-state index contributed by atoms with van der Waals surface area (Å²) in [5.74, 6) is -1.44. The highest BCUT2D eigenvalue weighted by molar-refractivity contribution is 5.92. The van der Waals surface area contributed by atoms with Gasteiger partial charge >= 0.3 is 18.3 Å². The summed E-state index contributed by atoms with van der Waals surface area (Å²) in [4.78, 5) is 11.4. The van der Waals surface area contributed by atoms with Gasteiger partial charge in [0.2, 0.25) is 0 Å². The van der Waals surface area contributed by atoms with Crippen molar-refractivity contribution in [2.45, 2.75) is 26.2 Å². The van der Waals surface area contributed by atoms with Crippen molar-refractivity contribution < 1.29 is 35.9 Å². The molecule has 1 aromatic rings. The van der Waals surface area contributed by atoms with Crippen molar-refractivity contribution in [2.75, 3.05) is 6.61 Å². The van der Waals surface area contributed by atoms with Gasteiger partial charge < -0.3 is 4.74 Å². The van der Waals surface area contributed by atoms with Crippen LogP contribution in [0.25, 0.3) is 0 Å². The summed E-state index contributed by atoms with van der Waals surface area (Å²) in [6, 6.07) is 1.50. The third kappa shape index (κ3) is 3.23. The fraction of sp³-hybridized carbons (Fsp3) is 0.417. The normalized spacial score (nSPS) is 12.4. The van der Waals surface area contributed by atoms with Gasteiger partial charge in [-0.15, -0.1) is 0 Å². The van der Waals surface area contributed by atoms with E-state index in [1.165, 1.54) is 6.92 Å².